The maximum atomic E-state index is 10.9. The second-order valence-corrected chi connectivity index (χ2v) is 4.17. The lowest BCUT2D eigenvalue weighted by Gasteiger charge is -1.86. The Balaban J connectivity index is 2.33. The molecule has 0 aliphatic heterocycles. The monoisotopic (exact) mass is 238 g/mol. The van der Waals surface area contributed by atoms with Crippen LogP contribution in [-0.4, -0.2) is 34.4 Å². The molecule has 0 unspecified atom stereocenters. The van der Waals surface area contributed by atoms with Gasteiger partial charge < -0.3 is 9.84 Å². The molecule has 2 aromatic rings. The summed E-state index contributed by atoms with van der Waals surface area (Å²) in [6.07, 6.45) is 6.90. The smallest absolute Gasteiger partial charge is 0.340 e. The van der Waals surface area contributed by atoms with Crippen molar-refractivity contribution in [3.05, 3.63) is 28.9 Å². The minimum atomic E-state index is -0.954. The summed E-state index contributed by atoms with van der Waals surface area (Å²) in [5, 5.41) is 12.9. The molecule has 0 aliphatic rings. The highest BCUT2D eigenvalue weighted by Crippen LogP contribution is 2.22. The molecule has 0 saturated heterocycles. The van der Waals surface area contributed by atoms with E-state index in [4.69, 9.17) is 9.84 Å². The van der Waals surface area contributed by atoms with Gasteiger partial charge in [0.25, 0.3) is 0 Å². The molecule has 2 rings (SSSR count). The Morgan fingerprint density at radius 2 is 2.56 bits per heavy atom. The fourth-order valence-corrected chi connectivity index (χ4v) is 2.27. The predicted molar refractivity (Wildman–Crippen MR) is 60.9 cm³/mol. The van der Waals surface area contributed by atoms with Crippen molar-refractivity contribution in [3.63, 3.8) is 0 Å². The van der Waals surface area contributed by atoms with E-state index < -0.39 is 5.97 Å². The zero-order valence-electron chi connectivity index (χ0n) is 8.58. The van der Waals surface area contributed by atoms with Gasteiger partial charge in [0.2, 0.25) is 0 Å². The third-order valence-corrected chi connectivity index (χ3v) is 3.07. The number of fused-ring (bicyclic) bond motifs is 1. The van der Waals surface area contributed by atoms with Gasteiger partial charge in [0.05, 0.1) is 12.8 Å². The maximum Gasteiger partial charge on any atom is 0.340 e. The van der Waals surface area contributed by atoms with E-state index in [0.29, 0.717) is 11.4 Å². The molecule has 0 aromatic carbocycles. The molecule has 6 heteroatoms. The third-order valence-electron chi connectivity index (χ3n) is 1.99. The van der Waals surface area contributed by atoms with Crippen LogP contribution in [0.25, 0.3) is 10.9 Å². The van der Waals surface area contributed by atoms with Crippen molar-refractivity contribution in [2.45, 2.75) is 0 Å². The summed E-state index contributed by atoms with van der Waals surface area (Å²) in [5.74, 6) is -0.954. The van der Waals surface area contributed by atoms with Gasteiger partial charge in [-0.15, -0.1) is 11.3 Å². The van der Waals surface area contributed by atoms with Crippen LogP contribution in [0.1, 0.15) is 15.2 Å². The fourth-order valence-electron chi connectivity index (χ4n) is 1.29. The second-order valence-electron chi connectivity index (χ2n) is 3.10. The highest BCUT2D eigenvalue weighted by molar-refractivity contribution is 7.18. The van der Waals surface area contributed by atoms with Crippen molar-refractivity contribution in [3.8, 4) is 0 Å². The van der Waals surface area contributed by atoms with Crippen LogP contribution in [0.2, 0.25) is 0 Å². The number of aromatic carboxylic acids is 1. The highest BCUT2D eigenvalue weighted by Gasteiger charge is 2.13. The van der Waals surface area contributed by atoms with E-state index in [2.05, 4.69) is 5.10 Å². The summed E-state index contributed by atoms with van der Waals surface area (Å²) in [6.45, 7) is 0.534. The quantitative estimate of drug-likeness (QED) is 0.881. The molecule has 84 valence electrons. The number of methoxy groups -OCH3 is 1. The first-order chi connectivity index (χ1) is 7.72. The standard InChI is InChI=1S/C10H10N2O3S/c1-15-4-2-3-7-6-12-9(16-7)8(5-11-12)10(13)14/h2-3,5-6H,4H2,1H3,(H,13,14). The number of carboxylic acid groups (broad SMARTS) is 1. The van der Waals surface area contributed by atoms with Crippen LogP contribution in [0.15, 0.2) is 18.5 Å². The zero-order valence-corrected chi connectivity index (χ0v) is 9.40. The van der Waals surface area contributed by atoms with E-state index in [1.807, 2.05) is 12.2 Å². The fraction of sp³-hybridized carbons (Fsp3) is 0.200. The number of carbonyl (C=O) groups is 1. The topological polar surface area (TPSA) is 63.8 Å². The molecule has 0 spiro atoms. The van der Waals surface area contributed by atoms with Gasteiger partial charge in [0, 0.05) is 18.2 Å². The van der Waals surface area contributed by atoms with Gasteiger partial charge in [0.15, 0.2) is 0 Å². The van der Waals surface area contributed by atoms with Gasteiger partial charge in [-0.2, -0.15) is 5.10 Å². The molecule has 0 fully saturated rings. The lowest BCUT2D eigenvalue weighted by atomic mass is 10.4. The first-order valence-corrected chi connectivity index (χ1v) is 5.40. The molecular formula is C10H10N2O3S. The lowest BCUT2D eigenvalue weighted by molar-refractivity contribution is 0.0699. The van der Waals surface area contributed by atoms with Crippen LogP contribution >= 0.6 is 11.3 Å². The molecule has 0 radical (unpaired) electrons. The molecule has 5 nitrogen and oxygen atoms in total. The number of nitrogens with zero attached hydrogens (tertiary/aromatic N) is 2. The van der Waals surface area contributed by atoms with Crippen molar-refractivity contribution < 1.29 is 14.6 Å². The number of hydrogen-bond donors (Lipinski definition) is 1. The molecule has 2 aromatic heterocycles. The summed E-state index contributed by atoms with van der Waals surface area (Å²) in [4.78, 5) is 12.5. The molecule has 0 amide bonds. The molecule has 0 aliphatic carbocycles. The van der Waals surface area contributed by atoms with Crippen molar-refractivity contribution in [2.75, 3.05) is 13.7 Å². The number of aromatic nitrogens is 2. The molecule has 1 N–H and O–H groups in total. The number of ether oxygens (including phenoxy) is 1. The summed E-state index contributed by atoms with van der Waals surface area (Å²) >= 11 is 1.39. The van der Waals surface area contributed by atoms with E-state index in [0.717, 1.165) is 4.88 Å². The Hall–Kier alpha value is -1.66. The van der Waals surface area contributed by atoms with Gasteiger partial charge in [-0.3, -0.25) is 0 Å². The van der Waals surface area contributed by atoms with Gasteiger partial charge in [-0.25, -0.2) is 9.31 Å². The van der Waals surface area contributed by atoms with E-state index in [1.165, 1.54) is 17.5 Å². The van der Waals surface area contributed by atoms with Gasteiger partial charge >= 0.3 is 5.97 Å². The van der Waals surface area contributed by atoms with Crippen LogP contribution < -0.4 is 0 Å². The van der Waals surface area contributed by atoms with E-state index >= 15 is 0 Å². The molecule has 0 saturated carbocycles. The Bertz CT molecular complexity index is 541. The first-order valence-electron chi connectivity index (χ1n) is 4.58. The third kappa shape index (κ3) is 1.98. The minimum Gasteiger partial charge on any atom is -0.478 e. The van der Waals surface area contributed by atoms with Crippen LogP contribution in [-0.2, 0) is 4.74 Å². The zero-order chi connectivity index (χ0) is 11.5. The van der Waals surface area contributed by atoms with E-state index in [-0.39, 0.29) is 5.56 Å². The summed E-state index contributed by atoms with van der Waals surface area (Å²) < 4.78 is 6.45. The number of thiazole rings is 1. The van der Waals surface area contributed by atoms with E-state index in [9.17, 15) is 4.79 Å². The summed E-state index contributed by atoms with van der Waals surface area (Å²) in [7, 11) is 1.62. The average Bonchev–Trinajstić information content (AvgIpc) is 2.76. The number of hydrogen-bond acceptors (Lipinski definition) is 4. The lowest BCUT2D eigenvalue weighted by Crippen LogP contribution is -1.92. The van der Waals surface area contributed by atoms with Gasteiger partial charge in [0.1, 0.15) is 10.4 Å². The summed E-state index contributed by atoms with van der Waals surface area (Å²) in [5.41, 5.74) is 0.233. The van der Waals surface area contributed by atoms with E-state index in [1.54, 1.807) is 17.8 Å². The van der Waals surface area contributed by atoms with Gasteiger partial charge in [-0.1, -0.05) is 6.08 Å². The molecule has 0 atom stereocenters. The molecule has 2 heterocycles. The van der Waals surface area contributed by atoms with Crippen molar-refractivity contribution >= 4 is 28.2 Å². The largest absolute Gasteiger partial charge is 0.478 e. The molecule has 0 bridgehead atoms. The van der Waals surface area contributed by atoms with Crippen molar-refractivity contribution in [1.82, 2.24) is 9.61 Å². The Morgan fingerprint density at radius 1 is 1.75 bits per heavy atom. The van der Waals surface area contributed by atoms with Crippen molar-refractivity contribution in [1.29, 1.82) is 0 Å². The van der Waals surface area contributed by atoms with Crippen LogP contribution in [0.4, 0.5) is 0 Å². The molecular weight excluding hydrogens is 228 g/mol. The predicted octanol–water partition coefficient (Wildman–Crippen LogP) is 1.75. The first kappa shape index (κ1) is 10.8. The second kappa shape index (κ2) is 4.46. The van der Waals surface area contributed by atoms with Crippen LogP contribution in [0.3, 0.4) is 0 Å². The number of rotatable bonds is 4. The van der Waals surface area contributed by atoms with Crippen LogP contribution in [0, 0.1) is 0 Å². The van der Waals surface area contributed by atoms with Crippen LogP contribution in [0.5, 0.6) is 0 Å². The Morgan fingerprint density at radius 3 is 3.25 bits per heavy atom. The summed E-state index contributed by atoms with van der Waals surface area (Å²) in [6, 6.07) is 0. The van der Waals surface area contributed by atoms with Crippen molar-refractivity contribution in [2.24, 2.45) is 0 Å². The average molecular weight is 238 g/mol. The Kier molecular flexibility index (Phi) is 3.02. The normalized spacial score (nSPS) is 11.6. The highest BCUT2D eigenvalue weighted by atomic mass is 32.1. The number of carboxylic acids is 1. The molecule has 16 heavy (non-hydrogen) atoms. The maximum absolute atomic E-state index is 10.9. The SMILES string of the molecule is COCC=Cc1cn2ncc(C(=O)O)c2s1. The van der Waals surface area contributed by atoms with Gasteiger partial charge in [-0.05, 0) is 6.08 Å². The Labute approximate surface area is 95.6 Å². The minimum absolute atomic E-state index is 0.233.